The van der Waals surface area contributed by atoms with Crippen molar-refractivity contribution >= 4 is 5.97 Å². The zero-order chi connectivity index (χ0) is 14.9. The number of aromatic nitrogens is 2. The van der Waals surface area contributed by atoms with Gasteiger partial charge in [-0.25, -0.2) is 9.48 Å². The fourth-order valence-electron chi connectivity index (χ4n) is 1.69. The second-order valence-corrected chi connectivity index (χ2v) is 3.83. The van der Waals surface area contributed by atoms with Crippen LogP contribution in [0.2, 0.25) is 0 Å². The molecule has 0 radical (unpaired) electrons. The van der Waals surface area contributed by atoms with E-state index in [1.165, 1.54) is 19.2 Å². The lowest BCUT2D eigenvalue weighted by Gasteiger charge is -2.10. The lowest BCUT2D eigenvalue weighted by atomic mass is 10.2. The van der Waals surface area contributed by atoms with E-state index < -0.39 is 17.7 Å². The van der Waals surface area contributed by atoms with Crippen molar-refractivity contribution in [2.24, 2.45) is 0 Å². The van der Waals surface area contributed by atoms with E-state index in [0.717, 1.165) is 23.0 Å². The monoisotopic (exact) mass is 286 g/mol. The number of hydrogen-bond acceptors (Lipinski definition) is 3. The van der Waals surface area contributed by atoms with Crippen LogP contribution in [0.5, 0.6) is 5.75 Å². The van der Waals surface area contributed by atoms with Crippen LogP contribution in [0.3, 0.4) is 0 Å². The van der Waals surface area contributed by atoms with E-state index in [4.69, 9.17) is 9.84 Å². The number of aromatic carboxylic acids is 1. The van der Waals surface area contributed by atoms with Crippen LogP contribution in [0, 0.1) is 0 Å². The van der Waals surface area contributed by atoms with E-state index in [9.17, 15) is 18.0 Å². The standard InChI is InChI=1S/C12H9F3N2O3/c1-20-9-6-16-17(10(9)11(18)19)8-4-2-3-7(5-8)12(13,14)15/h2-6H,1H3,(H,18,19). The third-order valence-electron chi connectivity index (χ3n) is 2.58. The van der Waals surface area contributed by atoms with Gasteiger partial charge in [0.25, 0.3) is 0 Å². The second-order valence-electron chi connectivity index (χ2n) is 3.83. The topological polar surface area (TPSA) is 64.4 Å². The first-order valence-corrected chi connectivity index (χ1v) is 5.37. The molecular weight excluding hydrogens is 277 g/mol. The maximum absolute atomic E-state index is 12.6. The summed E-state index contributed by atoms with van der Waals surface area (Å²) in [4.78, 5) is 11.2. The highest BCUT2D eigenvalue weighted by atomic mass is 19.4. The van der Waals surface area contributed by atoms with Gasteiger partial charge in [-0.2, -0.15) is 18.3 Å². The molecule has 0 aliphatic carbocycles. The lowest BCUT2D eigenvalue weighted by molar-refractivity contribution is -0.137. The summed E-state index contributed by atoms with van der Waals surface area (Å²) in [5, 5.41) is 12.8. The van der Waals surface area contributed by atoms with Gasteiger partial charge in [0.2, 0.25) is 0 Å². The SMILES string of the molecule is COc1cnn(-c2cccc(C(F)(F)F)c2)c1C(=O)O. The molecule has 2 rings (SSSR count). The van der Waals surface area contributed by atoms with Crippen LogP contribution in [0.25, 0.3) is 5.69 Å². The molecule has 20 heavy (non-hydrogen) atoms. The number of alkyl halides is 3. The molecule has 0 spiro atoms. The van der Waals surface area contributed by atoms with Crippen LogP contribution in [0.4, 0.5) is 13.2 Å². The number of rotatable bonds is 3. The highest BCUT2D eigenvalue weighted by molar-refractivity contribution is 5.89. The maximum Gasteiger partial charge on any atom is 0.416 e. The highest BCUT2D eigenvalue weighted by Crippen LogP contribution is 2.31. The minimum Gasteiger partial charge on any atom is -0.493 e. The number of ether oxygens (including phenoxy) is 1. The Hall–Kier alpha value is -2.51. The predicted octanol–water partition coefficient (Wildman–Crippen LogP) is 2.60. The molecule has 0 unspecified atom stereocenters. The van der Waals surface area contributed by atoms with E-state index in [-0.39, 0.29) is 17.1 Å². The molecule has 0 fully saturated rings. The van der Waals surface area contributed by atoms with Gasteiger partial charge in [-0.05, 0) is 18.2 Å². The largest absolute Gasteiger partial charge is 0.493 e. The number of hydrogen-bond donors (Lipinski definition) is 1. The fraction of sp³-hybridized carbons (Fsp3) is 0.167. The summed E-state index contributed by atoms with van der Waals surface area (Å²) in [7, 11) is 1.25. The van der Waals surface area contributed by atoms with Gasteiger partial charge in [-0.3, -0.25) is 0 Å². The van der Waals surface area contributed by atoms with Gasteiger partial charge in [0.1, 0.15) is 0 Å². The molecule has 0 atom stereocenters. The summed E-state index contributed by atoms with van der Waals surface area (Å²) in [6.45, 7) is 0. The summed E-state index contributed by atoms with van der Waals surface area (Å²) < 4.78 is 43.6. The van der Waals surface area contributed by atoms with Crippen molar-refractivity contribution in [1.29, 1.82) is 0 Å². The molecule has 0 aliphatic rings. The third kappa shape index (κ3) is 2.44. The molecular formula is C12H9F3N2O3. The van der Waals surface area contributed by atoms with E-state index in [1.807, 2.05) is 0 Å². The van der Waals surface area contributed by atoms with Gasteiger partial charge in [0.15, 0.2) is 11.4 Å². The van der Waals surface area contributed by atoms with E-state index >= 15 is 0 Å². The predicted molar refractivity (Wildman–Crippen MR) is 62.1 cm³/mol. The molecule has 5 nitrogen and oxygen atoms in total. The van der Waals surface area contributed by atoms with Crippen molar-refractivity contribution in [3.8, 4) is 11.4 Å². The minimum atomic E-state index is -4.52. The van der Waals surface area contributed by atoms with Crippen LogP contribution < -0.4 is 4.74 Å². The summed E-state index contributed by atoms with van der Waals surface area (Å²) in [5.41, 5.74) is -1.24. The van der Waals surface area contributed by atoms with Gasteiger partial charge >= 0.3 is 12.1 Å². The van der Waals surface area contributed by atoms with E-state index in [0.29, 0.717) is 0 Å². The van der Waals surface area contributed by atoms with Gasteiger partial charge in [-0.1, -0.05) is 6.07 Å². The Morgan fingerprint density at radius 1 is 1.40 bits per heavy atom. The van der Waals surface area contributed by atoms with Gasteiger partial charge in [0, 0.05) is 0 Å². The number of nitrogens with zero attached hydrogens (tertiary/aromatic N) is 2. The molecule has 0 saturated carbocycles. The molecule has 0 saturated heterocycles. The van der Waals surface area contributed by atoms with Crippen LogP contribution >= 0.6 is 0 Å². The Bertz CT molecular complexity index is 650. The molecule has 8 heteroatoms. The van der Waals surface area contributed by atoms with Crippen molar-refractivity contribution in [3.05, 3.63) is 41.7 Å². The summed E-state index contributed by atoms with van der Waals surface area (Å²) >= 11 is 0. The van der Waals surface area contributed by atoms with Gasteiger partial charge in [-0.15, -0.1) is 0 Å². The Balaban J connectivity index is 2.58. The molecule has 1 N–H and O–H groups in total. The fourth-order valence-corrected chi connectivity index (χ4v) is 1.69. The van der Waals surface area contributed by atoms with Crippen LogP contribution in [0.15, 0.2) is 30.5 Å². The molecule has 0 aliphatic heterocycles. The van der Waals surface area contributed by atoms with E-state index in [2.05, 4.69) is 5.10 Å². The average molecular weight is 286 g/mol. The Kier molecular flexibility index (Phi) is 3.39. The van der Waals surface area contributed by atoms with Crippen molar-refractivity contribution in [2.75, 3.05) is 7.11 Å². The Morgan fingerprint density at radius 2 is 2.10 bits per heavy atom. The van der Waals surface area contributed by atoms with Crippen molar-refractivity contribution in [1.82, 2.24) is 9.78 Å². The molecule has 1 aromatic heterocycles. The van der Waals surface area contributed by atoms with Crippen molar-refractivity contribution in [3.63, 3.8) is 0 Å². The first-order valence-electron chi connectivity index (χ1n) is 5.37. The molecule has 106 valence electrons. The zero-order valence-corrected chi connectivity index (χ0v) is 10.2. The van der Waals surface area contributed by atoms with E-state index in [1.54, 1.807) is 0 Å². The lowest BCUT2D eigenvalue weighted by Crippen LogP contribution is -2.11. The number of carboxylic acid groups (broad SMARTS) is 1. The summed E-state index contributed by atoms with van der Waals surface area (Å²) in [5.74, 6) is -1.38. The highest BCUT2D eigenvalue weighted by Gasteiger charge is 2.31. The quantitative estimate of drug-likeness (QED) is 0.942. The Morgan fingerprint density at radius 3 is 2.65 bits per heavy atom. The van der Waals surface area contributed by atoms with Crippen LogP contribution in [-0.2, 0) is 6.18 Å². The number of carbonyl (C=O) groups is 1. The minimum absolute atomic E-state index is 0.0134. The zero-order valence-electron chi connectivity index (χ0n) is 10.2. The first-order chi connectivity index (χ1) is 9.34. The third-order valence-corrected chi connectivity index (χ3v) is 2.58. The molecule has 1 heterocycles. The first kappa shape index (κ1) is 13.9. The molecule has 0 bridgehead atoms. The normalized spacial score (nSPS) is 11.4. The summed E-state index contributed by atoms with van der Waals surface area (Å²) in [6, 6.07) is 4.22. The van der Waals surface area contributed by atoms with Crippen LogP contribution in [0.1, 0.15) is 16.1 Å². The van der Waals surface area contributed by atoms with Crippen molar-refractivity contribution < 1.29 is 27.8 Å². The van der Waals surface area contributed by atoms with Gasteiger partial charge in [0.05, 0.1) is 24.6 Å². The van der Waals surface area contributed by atoms with Crippen molar-refractivity contribution in [2.45, 2.75) is 6.18 Å². The average Bonchev–Trinajstić information content (AvgIpc) is 2.81. The Labute approximate surface area is 111 Å². The second kappa shape index (κ2) is 4.87. The number of carboxylic acids is 1. The number of benzene rings is 1. The molecule has 1 aromatic carbocycles. The summed E-state index contributed by atoms with van der Waals surface area (Å²) in [6.07, 6.45) is -3.39. The number of methoxy groups -OCH3 is 1. The van der Waals surface area contributed by atoms with Crippen LogP contribution in [-0.4, -0.2) is 28.0 Å². The maximum atomic E-state index is 12.6. The smallest absolute Gasteiger partial charge is 0.416 e. The molecule has 0 amide bonds. The molecule has 2 aromatic rings. The van der Waals surface area contributed by atoms with Gasteiger partial charge < -0.3 is 9.84 Å². The number of halogens is 3.